The van der Waals surface area contributed by atoms with E-state index in [0.29, 0.717) is 6.10 Å². The largest absolute Gasteiger partial charge is 0.381 e. The maximum atomic E-state index is 12.2. The molecule has 0 N–H and O–H groups in total. The molecule has 0 spiro atoms. The average Bonchev–Trinajstić information content (AvgIpc) is 2.75. The van der Waals surface area contributed by atoms with Gasteiger partial charge in [-0.2, -0.15) is 0 Å². The van der Waals surface area contributed by atoms with Crippen molar-refractivity contribution < 1.29 is 9.53 Å². The molecule has 1 saturated heterocycles. The van der Waals surface area contributed by atoms with Crippen LogP contribution in [0.3, 0.4) is 0 Å². The molecule has 0 unspecified atom stereocenters. The molecule has 0 radical (unpaired) electrons. The van der Waals surface area contributed by atoms with Crippen LogP contribution in [0.2, 0.25) is 0 Å². The highest BCUT2D eigenvalue weighted by Crippen LogP contribution is 2.21. The van der Waals surface area contributed by atoms with Crippen molar-refractivity contribution in [3.8, 4) is 0 Å². The van der Waals surface area contributed by atoms with Gasteiger partial charge < -0.3 is 9.64 Å². The molecule has 1 aliphatic rings. The van der Waals surface area contributed by atoms with E-state index in [4.69, 9.17) is 4.74 Å². The first-order valence-corrected chi connectivity index (χ1v) is 6.46. The van der Waals surface area contributed by atoms with Crippen molar-refractivity contribution in [2.24, 2.45) is 0 Å². The lowest BCUT2D eigenvalue weighted by atomic mass is 10.1. The predicted octanol–water partition coefficient (Wildman–Crippen LogP) is 2.31. The van der Waals surface area contributed by atoms with Crippen molar-refractivity contribution in [3.05, 3.63) is 21.9 Å². The zero-order valence-electron chi connectivity index (χ0n) is 9.73. The maximum Gasteiger partial charge on any atom is 0.264 e. The van der Waals surface area contributed by atoms with E-state index in [-0.39, 0.29) is 5.91 Å². The molecule has 2 rings (SSSR count). The van der Waals surface area contributed by atoms with E-state index in [0.717, 1.165) is 36.4 Å². The second-order valence-electron chi connectivity index (χ2n) is 4.16. The monoisotopic (exact) mass is 239 g/mol. The first kappa shape index (κ1) is 11.6. The van der Waals surface area contributed by atoms with E-state index in [9.17, 15) is 4.79 Å². The number of likely N-dealkylation sites (tertiary alicyclic amines) is 1. The third kappa shape index (κ3) is 2.28. The third-order valence-electron chi connectivity index (χ3n) is 3.12. The summed E-state index contributed by atoms with van der Waals surface area (Å²) in [5.41, 5.74) is 1.09. The topological polar surface area (TPSA) is 29.5 Å². The van der Waals surface area contributed by atoms with Gasteiger partial charge in [0.05, 0.1) is 11.0 Å². The number of amides is 1. The van der Waals surface area contributed by atoms with Gasteiger partial charge in [0.25, 0.3) is 5.91 Å². The van der Waals surface area contributed by atoms with E-state index >= 15 is 0 Å². The van der Waals surface area contributed by atoms with Gasteiger partial charge in [0.2, 0.25) is 0 Å². The first-order valence-electron chi connectivity index (χ1n) is 5.58. The minimum atomic E-state index is 0.182. The number of aryl methyl sites for hydroxylation is 1. The smallest absolute Gasteiger partial charge is 0.264 e. The number of methoxy groups -OCH3 is 1. The normalized spacial score (nSPS) is 17.8. The molecular formula is C12H17NO2S. The van der Waals surface area contributed by atoms with Crippen LogP contribution in [0.25, 0.3) is 0 Å². The Labute approximate surface area is 100 Å². The molecule has 1 amide bonds. The van der Waals surface area contributed by atoms with E-state index in [1.807, 2.05) is 23.3 Å². The molecule has 0 bridgehead atoms. The Bertz CT molecular complexity index is 367. The van der Waals surface area contributed by atoms with Gasteiger partial charge in [0.1, 0.15) is 0 Å². The molecule has 0 atom stereocenters. The lowest BCUT2D eigenvalue weighted by Crippen LogP contribution is -2.40. The molecule has 0 saturated carbocycles. The Kier molecular flexibility index (Phi) is 3.61. The van der Waals surface area contributed by atoms with Crippen LogP contribution in [0, 0.1) is 6.92 Å². The zero-order chi connectivity index (χ0) is 11.5. The minimum absolute atomic E-state index is 0.182. The Morgan fingerprint density at radius 2 is 2.19 bits per heavy atom. The number of carbonyl (C=O) groups is 1. The number of thiophene rings is 1. The number of nitrogens with zero attached hydrogens (tertiary/aromatic N) is 1. The molecule has 16 heavy (non-hydrogen) atoms. The van der Waals surface area contributed by atoms with Gasteiger partial charge in [-0.05, 0) is 36.8 Å². The minimum Gasteiger partial charge on any atom is -0.381 e. The summed E-state index contributed by atoms with van der Waals surface area (Å²) >= 11 is 1.54. The fourth-order valence-electron chi connectivity index (χ4n) is 2.03. The maximum absolute atomic E-state index is 12.2. The van der Waals surface area contributed by atoms with Gasteiger partial charge in [-0.1, -0.05) is 0 Å². The highest BCUT2D eigenvalue weighted by Gasteiger charge is 2.24. The van der Waals surface area contributed by atoms with Crippen LogP contribution in [-0.2, 0) is 4.74 Å². The van der Waals surface area contributed by atoms with Crippen molar-refractivity contribution in [1.82, 2.24) is 4.90 Å². The summed E-state index contributed by atoms with van der Waals surface area (Å²) < 4.78 is 5.30. The molecule has 1 aromatic heterocycles. The second kappa shape index (κ2) is 4.97. The highest BCUT2D eigenvalue weighted by atomic mass is 32.1. The lowest BCUT2D eigenvalue weighted by Gasteiger charge is -2.31. The summed E-state index contributed by atoms with van der Waals surface area (Å²) in [6.07, 6.45) is 2.23. The van der Waals surface area contributed by atoms with Crippen LogP contribution in [0.1, 0.15) is 28.1 Å². The highest BCUT2D eigenvalue weighted by molar-refractivity contribution is 7.12. The first-order chi connectivity index (χ1) is 7.72. The van der Waals surface area contributed by atoms with E-state index in [2.05, 4.69) is 0 Å². The molecule has 3 nitrogen and oxygen atoms in total. The number of carbonyl (C=O) groups excluding carboxylic acids is 1. The molecule has 2 heterocycles. The van der Waals surface area contributed by atoms with Gasteiger partial charge in [-0.3, -0.25) is 4.79 Å². The van der Waals surface area contributed by atoms with Gasteiger partial charge >= 0.3 is 0 Å². The summed E-state index contributed by atoms with van der Waals surface area (Å²) in [5, 5.41) is 1.98. The average molecular weight is 239 g/mol. The molecule has 1 aromatic rings. The van der Waals surface area contributed by atoms with Crippen molar-refractivity contribution in [3.63, 3.8) is 0 Å². The number of ether oxygens (including phenoxy) is 1. The van der Waals surface area contributed by atoms with E-state index in [1.165, 1.54) is 11.3 Å². The van der Waals surface area contributed by atoms with Crippen LogP contribution < -0.4 is 0 Å². The molecule has 1 fully saturated rings. The summed E-state index contributed by atoms with van der Waals surface area (Å²) in [7, 11) is 1.74. The van der Waals surface area contributed by atoms with Crippen molar-refractivity contribution >= 4 is 17.2 Å². The molecule has 0 aliphatic carbocycles. The standard InChI is InChI=1S/C12H17NO2S/c1-9-5-8-16-11(9)12(14)13-6-3-10(15-2)4-7-13/h5,8,10H,3-4,6-7H2,1-2H3. The molecule has 4 heteroatoms. The third-order valence-corrected chi connectivity index (χ3v) is 4.12. The van der Waals surface area contributed by atoms with Crippen LogP contribution >= 0.6 is 11.3 Å². The van der Waals surface area contributed by atoms with Gasteiger partial charge in [-0.15, -0.1) is 11.3 Å². The van der Waals surface area contributed by atoms with Crippen molar-refractivity contribution in [2.45, 2.75) is 25.9 Å². The summed E-state index contributed by atoms with van der Waals surface area (Å²) in [4.78, 5) is 15.0. The van der Waals surface area contributed by atoms with Crippen molar-refractivity contribution in [1.29, 1.82) is 0 Å². The van der Waals surface area contributed by atoms with Crippen molar-refractivity contribution in [2.75, 3.05) is 20.2 Å². The SMILES string of the molecule is COC1CCN(C(=O)c2sccc2C)CC1. The summed E-state index contributed by atoms with van der Waals surface area (Å²) in [6, 6.07) is 2.00. The summed E-state index contributed by atoms with van der Waals surface area (Å²) in [6.45, 7) is 3.62. The Hall–Kier alpha value is -0.870. The van der Waals surface area contributed by atoms with Crippen LogP contribution in [0.15, 0.2) is 11.4 Å². The quantitative estimate of drug-likeness (QED) is 0.792. The fourth-order valence-corrected chi connectivity index (χ4v) is 2.92. The Balaban J connectivity index is 2.00. The second-order valence-corrected chi connectivity index (χ2v) is 5.08. The Morgan fingerprint density at radius 1 is 1.50 bits per heavy atom. The zero-order valence-corrected chi connectivity index (χ0v) is 10.5. The van der Waals surface area contributed by atoms with Gasteiger partial charge in [0, 0.05) is 20.2 Å². The number of piperidine rings is 1. The van der Waals surface area contributed by atoms with Gasteiger partial charge in [-0.25, -0.2) is 0 Å². The Morgan fingerprint density at radius 3 is 2.69 bits per heavy atom. The molecular weight excluding hydrogens is 222 g/mol. The molecule has 88 valence electrons. The molecule has 0 aromatic carbocycles. The van der Waals surface area contributed by atoms with Crippen LogP contribution in [0.4, 0.5) is 0 Å². The number of rotatable bonds is 2. The van der Waals surface area contributed by atoms with E-state index < -0.39 is 0 Å². The van der Waals surface area contributed by atoms with Gasteiger partial charge in [0.15, 0.2) is 0 Å². The van der Waals surface area contributed by atoms with Crippen LogP contribution in [0.5, 0.6) is 0 Å². The summed E-state index contributed by atoms with van der Waals surface area (Å²) in [5.74, 6) is 0.182. The van der Waals surface area contributed by atoms with E-state index in [1.54, 1.807) is 7.11 Å². The lowest BCUT2D eigenvalue weighted by molar-refractivity contribution is 0.0353. The number of hydrogen-bond donors (Lipinski definition) is 0. The fraction of sp³-hybridized carbons (Fsp3) is 0.583. The van der Waals surface area contributed by atoms with Crippen LogP contribution in [-0.4, -0.2) is 37.1 Å². The number of hydrogen-bond acceptors (Lipinski definition) is 3. The molecule has 1 aliphatic heterocycles. The predicted molar refractivity (Wildman–Crippen MR) is 65.0 cm³/mol.